The molecule has 118 valence electrons. The number of benzene rings is 1. The van der Waals surface area contributed by atoms with E-state index in [4.69, 9.17) is 9.47 Å². The van der Waals surface area contributed by atoms with E-state index >= 15 is 0 Å². The number of ether oxygens (including phenoxy) is 2. The molecule has 21 heavy (non-hydrogen) atoms. The van der Waals surface area contributed by atoms with Crippen molar-refractivity contribution >= 4 is 0 Å². The van der Waals surface area contributed by atoms with Gasteiger partial charge in [0.1, 0.15) is 0 Å². The number of hydrogen-bond donors (Lipinski definition) is 1. The highest BCUT2D eigenvalue weighted by Crippen LogP contribution is 2.37. The Bertz CT molecular complexity index is 442. The second kappa shape index (κ2) is 7.03. The molecule has 0 heterocycles. The second-order valence-corrected chi connectivity index (χ2v) is 6.18. The molecule has 2 rings (SSSR count). The fourth-order valence-corrected chi connectivity index (χ4v) is 3.14. The van der Waals surface area contributed by atoms with Gasteiger partial charge in [0.05, 0.1) is 14.2 Å². The Morgan fingerprint density at radius 2 is 1.62 bits per heavy atom. The molecule has 0 amide bonds. The molecule has 0 spiro atoms. The summed E-state index contributed by atoms with van der Waals surface area (Å²) in [5.41, 5.74) is 1.10. The van der Waals surface area contributed by atoms with Crippen molar-refractivity contribution in [1.29, 1.82) is 0 Å². The zero-order valence-electron chi connectivity index (χ0n) is 13.6. The Hall–Kier alpha value is -1.42. The zero-order chi connectivity index (χ0) is 15.4. The van der Waals surface area contributed by atoms with Gasteiger partial charge in [-0.25, -0.2) is 0 Å². The normalized spacial score (nSPS) is 22.3. The van der Waals surface area contributed by atoms with Gasteiger partial charge in [-0.05, 0) is 56.3 Å². The third-order valence-electron chi connectivity index (χ3n) is 4.58. The molecule has 4 heteroatoms. The third-order valence-corrected chi connectivity index (χ3v) is 4.58. The van der Waals surface area contributed by atoms with Gasteiger partial charge in [-0.3, -0.25) is 4.90 Å². The molecule has 1 saturated carbocycles. The minimum Gasteiger partial charge on any atom is -0.502 e. The van der Waals surface area contributed by atoms with Crippen molar-refractivity contribution in [2.45, 2.75) is 45.2 Å². The van der Waals surface area contributed by atoms with E-state index in [0.717, 1.165) is 18.0 Å². The number of phenols is 1. The van der Waals surface area contributed by atoms with Crippen LogP contribution in [0.5, 0.6) is 17.2 Å². The highest BCUT2D eigenvalue weighted by molar-refractivity contribution is 5.52. The van der Waals surface area contributed by atoms with Crippen LogP contribution < -0.4 is 9.47 Å². The number of rotatable bonds is 5. The van der Waals surface area contributed by atoms with Gasteiger partial charge in [0, 0.05) is 12.6 Å². The van der Waals surface area contributed by atoms with Crippen molar-refractivity contribution in [1.82, 2.24) is 4.90 Å². The quantitative estimate of drug-likeness (QED) is 0.903. The minimum absolute atomic E-state index is 0.0675. The molecule has 1 aromatic rings. The Morgan fingerprint density at radius 3 is 2.10 bits per heavy atom. The van der Waals surface area contributed by atoms with Gasteiger partial charge in [-0.1, -0.05) is 6.92 Å². The monoisotopic (exact) mass is 293 g/mol. The number of nitrogens with zero attached hydrogens (tertiary/aromatic N) is 1. The standard InChI is InChI=1S/C17H27NO3/c1-12-5-7-14(8-6-12)18(2)11-13-9-15(20-3)17(19)16(10-13)21-4/h9-10,12,14,19H,5-8,11H2,1-4H3. The predicted octanol–water partition coefficient (Wildman–Crippen LogP) is 3.42. The molecule has 1 aromatic carbocycles. The number of hydrogen-bond acceptors (Lipinski definition) is 4. The van der Waals surface area contributed by atoms with Crippen molar-refractivity contribution in [3.63, 3.8) is 0 Å². The van der Waals surface area contributed by atoms with E-state index in [0.29, 0.717) is 17.5 Å². The Morgan fingerprint density at radius 1 is 1.10 bits per heavy atom. The lowest BCUT2D eigenvalue weighted by atomic mass is 9.86. The summed E-state index contributed by atoms with van der Waals surface area (Å²) < 4.78 is 10.4. The fourth-order valence-electron chi connectivity index (χ4n) is 3.14. The molecule has 1 fully saturated rings. The highest BCUT2D eigenvalue weighted by atomic mass is 16.5. The van der Waals surface area contributed by atoms with E-state index in [2.05, 4.69) is 18.9 Å². The van der Waals surface area contributed by atoms with E-state index < -0.39 is 0 Å². The van der Waals surface area contributed by atoms with E-state index in [9.17, 15) is 5.11 Å². The largest absolute Gasteiger partial charge is 0.502 e. The summed E-state index contributed by atoms with van der Waals surface area (Å²) in [6.45, 7) is 3.18. The van der Waals surface area contributed by atoms with Crippen LogP contribution in [0.3, 0.4) is 0 Å². The van der Waals surface area contributed by atoms with E-state index in [1.54, 1.807) is 14.2 Å². The topological polar surface area (TPSA) is 41.9 Å². The molecule has 0 atom stereocenters. The molecule has 0 aromatic heterocycles. The highest BCUT2D eigenvalue weighted by Gasteiger charge is 2.22. The summed E-state index contributed by atoms with van der Waals surface area (Å²) >= 11 is 0. The first-order valence-corrected chi connectivity index (χ1v) is 7.69. The van der Waals surface area contributed by atoms with Crippen LogP contribution in [0.15, 0.2) is 12.1 Å². The maximum Gasteiger partial charge on any atom is 0.200 e. The SMILES string of the molecule is COc1cc(CN(C)C2CCC(C)CC2)cc(OC)c1O. The van der Waals surface area contributed by atoms with Crippen LogP contribution in [0.2, 0.25) is 0 Å². The van der Waals surface area contributed by atoms with E-state index in [1.807, 2.05) is 12.1 Å². The molecule has 1 N–H and O–H groups in total. The van der Waals surface area contributed by atoms with E-state index in [1.165, 1.54) is 25.7 Å². The first-order valence-electron chi connectivity index (χ1n) is 7.69. The van der Waals surface area contributed by atoms with Crippen molar-refractivity contribution < 1.29 is 14.6 Å². The Balaban J connectivity index is 2.08. The molecule has 0 aliphatic heterocycles. The number of aromatic hydroxyl groups is 1. The van der Waals surface area contributed by atoms with Gasteiger partial charge in [-0.2, -0.15) is 0 Å². The van der Waals surface area contributed by atoms with Crippen LogP contribution >= 0.6 is 0 Å². The summed E-state index contributed by atoms with van der Waals surface area (Å²) in [5, 5.41) is 9.96. The maximum absolute atomic E-state index is 9.96. The molecular formula is C17H27NO3. The fraction of sp³-hybridized carbons (Fsp3) is 0.647. The van der Waals surface area contributed by atoms with Gasteiger partial charge >= 0.3 is 0 Å². The smallest absolute Gasteiger partial charge is 0.200 e. The van der Waals surface area contributed by atoms with Crippen LogP contribution in [0.4, 0.5) is 0 Å². The zero-order valence-corrected chi connectivity index (χ0v) is 13.6. The lowest BCUT2D eigenvalue weighted by molar-refractivity contribution is 0.163. The molecule has 0 unspecified atom stereocenters. The van der Waals surface area contributed by atoms with Gasteiger partial charge in [0.15, 0.2) is 11.5 Å². The maximum atomic E-state index is 9.96. The summed E-state index contributed by atoms with van der Waals surface area (Å²) in [4.78, 5) is 2.40. The molecule has 4 nitrogen and oxygen atoms in total. The average Bonchev–Trinajstić information content (AvgIpc) is 2.49. The molecule has 0 radical (unpaired) electrons. The van der Waals surface area contributed by atoms with Crippen molar-refractivity contribution in [2.24, 2.45) is 5.92 Å². The molecule has 0 saturated heterocycles. The van der Waals surface area contributed by atoms with Gasteiger partial charge in [-0.15, -0.1) is 0 Å². The lowest BCUT2D eigenvalue weighted by Crippen LogP contribution is -2.34. The molecule has 1 aliphatic rings. The van der Waals surface area contributed by atoms with Crippen LogP contribution in [0.25, 0.3) is 0 Å². The van der Waals surface area contributed by atoms with Crippen LogP contribution in [-0.2, 0) is 6.54 Å². The van der Waals surface area contributed by atoms with Crippen LogP contribution in [0, 0.1) is 5.92 Å². The van der Waals surface area contributed by atoms with Crippen LogP contribution in [0.1, 0.15) is 38.2 Å². The minimum atomic E-state index is 0.0675. The lowest BCUT2D eigenvalue weighted by Gasteiger charge is -2.33. The summed E-state index contributed by atoms with van der Waals surface area (Å²) in [6.07, 6.45) is 5.17. The van der Waals surface area contributed by atoms with Gasteiger partial charge < -0.3 is 14.6 Å². The third kappa shape index (κ3) is 3.82. The molecular weight excluding hydrogens is 266 g/mol. The van der Waals surface area contributed by atoms with Crippen molar-refractivity contribution in [3.8, 4) is 17.2 Å². The summed E-state index contributed by atoms with van der Waals surface area (Å²) in [7, 11) is 5.29. The van der Waals surface area contributed by atoms with Crippen molar-refractivity contribution in [3.05, 3.63) is 17.7 Å². The van der Waals surface area contributed by atoms with Crippen molar-refractivity contribution in [2.75, 3.05) is 21.3 Å². The van der Waals surface area contributed by atoms with Crippen LogP contribution in [-0.4, -0.2) is 37.3 Å². The molecule has 0 bridgehead atoms. The number of phenolic OH excluding ortho intramolecular Hbond substituents is 1. The number of methoxy groups -OCH3 is 2. The average molecular weight is 293 g/mol. The Labute approximate surface area is 127 Å². The van der Waals surface area contributed by atoms with Gasteiger partial charge in [0.2, 0.25) is 5.75 Å². The first-order chi connectivity index (χ1) is 10.0. The summed E-state index contributed by atoms with van der Waals surface area (Å²) in [6, 6.07) is 4.42. The molecule has 1 aliphatic carbocycles. The second-order valence-electron chi connectivity index (χ2n) is 6.18. The first kappa shape index (κ1) is 16.0. The summed E-state index contributed by atoms with van der Waals surface area (Å²) in [5.74, 6) is 1.87. The van der Waals surface area contributed by atoms with E-state index in [-0.39, 0.29) is 5.75 Å². The predicted molar refractivity (Wildman–Crippen MR) is 84.1 cm³/mol. The van der Waals surface area contributed by atoms with Gasteiger partial charge in [0.25, 0.3) is 0 Å². The Kier molecular flexibility index (Phi) is 5.34.